The molecule has 1 atom stereocenters. The van der Waals surface area contributed by atoms with Crippen LogP contribution in [-0.4, -0.2) is 38.9 Å². The Morgan fingerprint density at radius 3 is 2.77 bits per heavy atom. The fraction of sp³-hybridized carbons (Fsp3) is 0.412. The van der Waals surface area contributed by atoms with Crippen LogP contribution in [0, 0.1) is 0 Å². The molecule has 4 N–H and O–H groups in total. The number of piperidine rings is 1. The van der Waals surface area contributed by atoms with Crippen LogP contribution in [0.3, 0.4) is 0 Å². The number of primary sulfonamides is 1. The highest BCUT2D eigenvalue weighted by Crippen LogP contribution is 2.26. The van der Waals surface area contributed by atoms with Gasteiger partial charge in [0.1, 0.15) is 5.69 Å². The minimum Gasteiger partial charge on any atom is -0.350 e. The molecule has 0 radical (unpaired) electrons. The number of nitrogens with one attached hydrogen (secondary N) is 2. The molecule has 1 unspecified atom stereocenters. The maximum Gasteiger partial charge on any atom is 0.270 e. The molecule has 1 aliphatic rings. The zero-order valence-electron chi connectivity index (χ0n) is 14.3. The molecule has 2 aromatic rings. The van der Waals surface area contributed by atoms with Gasteiger partial charge in [-0.25, -0.2) is 18.5 Å². The summed E-state index contributed by atoms with van der Waals surface area (Å²) in [6, 6.07) is 6.33. The Kier molecular flexibility index (Phi) is 6.02. The average Bonchev–Trinajstić information content (AvgIpc) is 3.12. The van der Waals surface area contributed by atoms with Crippen molar-refractivity contribution in [3.63, 3.8) is 0 Å². The van der Waals surface area contributed by atoms with Crippen LogP contribution in [0.25, 0.3) is 0 Å². The Balaban J connectivity index is 1.50. The lowest BCUT2D eigenvalue weighted by atomic mass is 10.0. The molecule has 0 spiro atoms. The lowest BCUT2D eigenvalue weighted by molar-refractivity contribution is 0.0949. The van der Waals surface area contributed by atoms with Crippen LogP contribution < -0.4 is 15.8 Å². The molecule has 26 heavy (non-hydrogen) atoms. The molecular weight excluding hydrogens is 372 g/mol. The molecule has 2 heterocycles. The monoisotopic (exact) mass is 394 g/mol. The molecule has 0 saturated carbocycles. The van der Waals surface area contributed by atoms with Crippen molar-refractivity contribution in [3.05, 3.63) is 45.9 Å². The summed E-state index contributed by atoms with van der Waals surface area (Å²) in [5.41, 5.74) is 1.38. The van der Waals surface area contributed by atoms with Gasteiger partial charge in [0.05, 0.1) is 9.90 Å². The SMILES string of the molecule is NS(=O)(=O)c1ccc(CCNC(=O)c2csc(C3CCCNC3)n2)cc1. The summed E-state index contributed by atoms with van der Waals surface area (Å²) in [4.78, 5) is 16.8. The van der Waals surface area contributed by atoms with E-state index in [9.17, 15) is 13.2 Å². The van der Waals surface area contributed by atoms with Crippen LogP contribution >= 0.6 is 11.3 Å². The van der Waals surface area contributed by atoms with Gasteiger partial charge >= 0.3 is 0 Å². The number of rotatable bonds is 6. The van der Waals surface area contributed by atoms with E-state index < -0.39 is 10.0 Å². The quantitative estimate of drug-likeness (QED) is 0.682. The van der Waals surface area contributed by atoms with Crippen molar-refractivity contribution < 1.29 is 13.2 Å². The molecule has 7 nitrogen and oxygen atoms in total. The minimum absolute atomic E-state index is 0.0810. The summed E-state index contributed by atoms with van der Waals surface area (Å²) >= 11 is 1.54. The van der Waals surface area contributed by atoms with Gasteiger partial charge in [0.25, 0.3) is 5.91 Å². The van der Waals surface area contributed by atoms with Gasteiger partial charge < -0.3 is 10.6 Å². The predicted octanol–water partition coefficient (Wildman–Crippen LogP) is 1.23. The first-order chi connectivity index (χ1) is 12.4. The zero-order chi connectivity index (χ0) is 18.6. The van der Waals surface area contributed by atoms with Crippen LogP contribution in [0.5, 0.6) is 0 Å². The second-order valence-corrected chi connectivity index (χ2v) is 8.76. The summed E-state index contributed by atoms with van der Waals surface area (Å²) in [6.45, 7) is 2.42. The fourth-order valence-electron chi connectivity index (χ4n) is 2.90. The topological polar surface area (TPSA) is 114 Å². The number of hydrogen-bond donors (Lipinski definition) is 3. The molecule has 1 saturated heterocycles. The maximum absolute atomic E-state index is 12.2. The van der Waals surface area contributed by atoms with Crippen molar-refractivity contribution in [3.8, 4) is 0 Å². The maximum atomic E-state index is 12.2. The normalized spacial score (nSPS) is 17.8. The standard InChI is InChI=1S/C17H22N4O3S2/c18-26(23,24)14-5-3-12(4-6-14)7-9-20-16(22)15-11-25-17(21-15)13-2-1-8-19-10-13/h3-6,11,13,19H,1-2,7-10H2,(H,20,22)(H2,18,23,24). The Bertz CT molecular complexity index is 856. The number of aromatic nitrogens is 1. The third kappa shape index (κ3) is 4.88. The Morgan fingerprint density at radius 1 is 1.35 bits per heavy atom. The summed E-state index contributed by atoms with van der Waals surface area (Å²) in [6.07, 6.45) is 2.84. The number of hydrogen-bond acceptors (Lipinski definition) is 6. The molecule has 140 valence electrons. The van der Waals surface area contributed by atoms with Crippen LogP contribution in [0.4, 0.5) is 0 Å². The van der Waals surface area contributed by atoms with Gasteiger partial charge in [-0.1, -0.05) is 12.1 Å². The number of carbonyl (C=O) groups is 1. The smallest absolute Gasteiger partial charge is 0.270 e. The third-order valence-corrected chi connectivity index (χ3v) is 6.29. The van der Waals surface area contributed by atoms with Crippen LogP contribution in [-0.2, 0) is 16.4 Å². The van der Waals surface area contributed by atoms with Crippen LogP contribution in [0.1, 0.15) is 39.8 Å². The van der Waals surface area contributed by atoms with E-state index >= 15 is 0 Å². The number of benzene rings is 1. The Morgan fingerprint density at radius 2 is 2.12 bits per heavy atom. The molecule has 0 aliphatic carbocycles. The van der Waals surface area contributed by atoms with Crippen molar-refractivity contribution in [2.45, 2.75) is 30.1 Å². The lowest BCUT2D eigenvalue weighted by Gasteiger charge is -2.20. The van der Waals surface area contributed by atoms with Crippen molar-refractivity contribution in [2.75, 3.05) is 19.6 Å². The van der Waals surface area contributed by atoms with Gasteiger partial charge in [-0.15, -0.1) is 11.3 Å². The Labute approximate surface area is 157 Å². The number of sulfonamides is 1. The number of nitrogens with two attached hydrogens (primary N) is 1. The van der Waals surface area contributed by atoms with Gasteiger partial charge in [0.15, 0.2) is 0 Å². The molecule has 1 aromatic heterocycles. The van der Waals surface area contributed by atoms with E-state index in [4.69, 9.17) is 5.14 Å². The fourth-order valence-corrected chi connectivity index (χ4v) is 4.35. The molecular formula is C17H22N4O3S2. The van der Waals surface area contributed by atoms with Crippen molar-refractivity contribution >= 4 is 27.3 Å². The summed E-state index contributed by atoms with van der Waals surface area (Å²) in [5.74, 6) is 0.213. The van der Waals surface area contributed by atoms with Gasteiger partial charge in [-0.05, 0) is 43.5 Å². The second kappa shape index (κ2) is 8.26. The highest BCUT2D eigenvalue weighted by Gasteiger charge is 2.20. The molecule has 3 rings (SSSR count). The third-order valence-electron chi connectivity index (χ3n) is 4.35. The number of carbonyl (C=O) groups excluding carboxylic acids is 1. The lowest BCUT2D eigenvalue weighted by Crippen LogP contribution is -2.29. The second-order valence-electron chi connectivity index (χ2n) is 6.31. The summed E-state index contributed by atoms with van der Waals surface area (Å²) < 4.78 is 22.5. The van der Waals surface area contributed by atoms with E-state index in [2.05, 4.69) is 15.6 Å². The molecule has 1 amide bonds. The van der Waals surface area contributed by atoms with Crippen LogP contribution in [0.2, 0.25) is 0 Å². The van der Waals surface area contributed by atoms with E-state index in [1.165, 1.54) is 23.5 Å². The minimum atomic E-state index is -3.68. The van der Waals surface area contributed by atoms with E-state index in [1.54, 1.807) is 17.5 Å². The van der Waals surface area contributed by atoms with E-state index in [0.717, 1.165) is 36.5 Å². The first-order valence-corrected chi connectivity index (χ1v) is 10.9. The zero-order valence-corrected chi connectivity index (χ0v) is 15.9. The highest BCUT2D eigenvalue weighted by molar-refractivity contribution is 7.89. The molecule has 0 bridgehead atoms. The first-order valence-electron chi connectivity index (χ1n) is 8.49. The van der Waals surface area contributed by atoms with Gasteiger partial charge in [0, 0.05) is 24.4 Å². The summed E-state index contributed by atoms with van der Waals surface area (Å²) in [5, 5.41) is 14.1. The van der Waals surface area contributed by atoms with Crippen molar-refractivity contribution in [2.24, 2.45) is 5.14 Å². The molecule has 1 aromatic carbocycles. The van der Waals surface area contributed by atoms with Gasteiger partial charge in [-0.3, -0.25) is 4.79 Å². The van der Waals surface area contributed by atoms with Gasteiger partial charge in [0.2, 0.25) is 10.0 Å². The molecule has 9 heteroatoms. The summed E-state index contributed by atoms with van der Waals surface area (Å²) in [7, 11) is -3.68. The first kappa shape index (κ1) is 19.0. The van der Waals surface area contributed by atoms with Crippen molar-refractivity contribution in [1.29, 1.82) is 0 Å². The Hall–Kier alpha value is -1.81. The predicted molar refractivity (Wildman–Crippen MR) is 101 cm³/mol. The van der Waals surface area contributed by atoms with Crippen molar-refractivity contribution in [1.82, 2.24) is 15.6 Å². The number of amides is 1. The van der Waals surface area contributed by atoms with Crippen LogP contribution in [0.15, 0.2) is 34.5 Å². The van der Waals surface area contributed by atoms with Gasteiger partial charge in [-0.2, -0.15) is 0 Å². The molecule has 1 aliphatic heterocycles. The molecule has 1 fully saturated rings. The largest absolute Gasteiger partial charge is 0.350 e. The highest BCUT2D eigenvalue weighted by atomic mass is 32.2. The number of thiazole rings is 1. The average molecular weight is 395 g/mol. The van der Waals surface area contributed by atoms with E-state index in [0.29, 0.717) is 24.6 Å². The van der Waals surface area contributed by atoms with E-state index in [1.807, 2.05) is 0 Å². The number of nitrogens with zero attached hydrogens (tertiary/aromatic N) is 1. The van der Waals surface area contributed by atoms with E-state index in [-0.39, 0.29) is 10.8 Å².